The molecule has 0 atom stereocenters. The van der Waals surface area contributed by atoms with Gasteiger partial charge in [-0.1, -0.05) is 30.3 Å². The van der Waals surface area contributed by atoms with Gasteiger partial charge < -0.3 is 14.8 Å². The zero-order valence-electron chi connectivity index (χ0n) is 11.9. The fraction of sp³-hybridized carbons (Fsp3) is 0.467. The summed E-state index contributed by atoms with van der Waals surface area (Å²) in [6, 6.07) is 8.68. The lowest BCUT2D eigenvalue weighted by Crippen LogP contribution is -3.11. The Bertz CT molecular complexity index is 367. The van der Waals surface area contributed by atoms with E-state index in [9.17, 15) is 14.7 Å². The Morgan fingerprint density at radius 3 is 1.79 bits per heavy atom. The third-order valence-electron chi connectivity index (χ3n) is 2.94. The van der Waals surface area contributed by atoms with Gasteiger partial charge in [0.25, 0.3) is 0 Å². The Balaban J connectivity index is 0.000000399. The van der Waals surface area contributed by atoms with Crippen molar-refractivity contribution in [2.24, 2.45) is 0 Å². The second kappa shape index (κ2) is 10.3. The normalized spacial score (nSPS) is 9.68. The molecule has 1 rings (SSSR count). The van der Waals surface area contributed by atoms with Crippen LogP contribution in [0.25, 0.3) is 0 Å². The summed E-state index contributed by atoms with van der Waals surface area (Å²) in [5.74, 6) is -2.51. The SMILES string of the molecule is CC[NH+](CC)CC.O=C([O-])C(=O)Cc1ccccc1. The van der Waals surface area contributed by atoms with E-state index in [4.69, 9.17) is 0 Å². The lowest BCUT2D eigenvalue weighted by Gasteiger charge is -2.10. The number of hydrogen-bond acceptors (Lipinski definition) is 3. The number of aliphatic carboxylic acids is 1. The van der Waals surface area contributed by atoms with Crippen LogP contribution >= 0.6 is 0 Å². The lowest BCUT2D eigenvalue weighted by atomic mass is 10.1. The summed E-state index contributed by atoms with van der Waals surface area (Å²) < 4.78 is 0. The second-order valence-corrected chi connectivity index (χ2v) is 4.18. The van der Waals surface area contributed by atoms with Crippen LogP contribution in [-0.4, -0.2) is 31.4 Å². The summed E-state index contributed by atoms with van der Waals surface area (Å²) in [5.41, 5.74) is 0.687. The summed E-state index contributed by atoms with van der Waals surface area (Å²) in [6.45, 7) is 10.5. The maximum absolute atomic E-state index is 10.7. The minimum Gasteiger partial charge on any atom is -0.542 e. The van der Waals surface area contributed by atoms with Crippen molar-refractivity contribution in [3.8, 4) is 0 Å². The molecule has 0 bridgehead atoms. The highest BCUT2D eigenvalue weighted by Gasteiger charge is 2.02. The van der Waals surface area contributed by atoms with Gasteiger partial charge in [0.2, 0.25) is 0 Å². The summed E-state index contributed by atoms with van der Waals surface area (Å²) in [7, 11) is 0. The van der Waals surface area contributed by atoms with Crippen LogP contribution < -0.4 is 10.0 Å². The Morgan fingerprint density at radius 2 is 1.47 bits per heavy atom. The highest BCUT2D eigenvalue weighted by Crippen LogP contribution is 1.99. The van der Waals surface area contributed by atoms with Crippen LogP contribution in [0.1, 0.15) is 26.3 Å². The van der Waals surface area contributed by atoms with E-state index in [1.807, 2.05) is 0 Å². The van der Waals surface area contributed by atoms with Gasteiger partial charge in [-0.15, -0.1) is 0 Å². The van der Waals surface area contributed by atoms with Gasteiger partial charge in [-0.2, -0.15) is 0 Å². The molecule has 106 valence electrons. The molecule has 1 N–H and O–H groups in total. The maximum Gasteiger partial charge on any atom is 0.182 e. The van der Waals surface area contributed by atoms with Crippen molar-refractivity contribution < 1.29 is 19.6 Å². The number of carbonyl (C=O) groups is 2. The van der Waals surface area contributed by atoms with E-state index in [2.05, 4.69) is 20.8 Å². The Morgan fingerprint density at radius 1 is 1.00 bits per heavy atom. The van der Waals surface area contributed by atoms with E-state index in [0.717, 1.165) is 0 Å². The molecule has 0 saturated heterocycles. The Labute approximate surface area is 115 Å². The molecule has 0 aliphatic heterocycles. The fourth-order valence-corrected chi connectivity index (χ4v) is 1.60. The first-order valence-electron chi connectivity index (χ1n) is 6.66. The lowest BCUT2D eigenvalue weighted by molar-refractivity contribution is -0.894. The number of hydrogen-bond donors (Lipinski definition) is 1. The van der Waals surface area contributed by atoms with E-state index in [0.29, 0.717) is 5.56 Å². The number of Topliss-reactive ketones (excluding diaryl/α,β-unsaturated/α-hetero) is 1. The molecule has 0 fully saturated rings. The molecule has 4 nitrogen and oxygen atoms in total. The van der Waals surface area contributed by atoms with E-state index < -0.39 is 11.8 Å². The Hall–Kier alpha value is -1.68. The number of quaternary nitrogens is 1. The topological polar surface area (TPSA) is 61.6 Å². The summed E-state index contributed by atoms with van der Waals surface area (Å²) in [6.07, 6.45) is -0.0941. The van der Waals surface area contributed by atoms with Crippen LogP contribution in [0.3, 0.4) is 0 Å². The summed E-state index contributed by atoms with van der Waals surface area (Å²) in [5, 5.41) is 10.0. The number of nitrogens with one attached hydrogen (secondary N) is 1. The number of carboxylic acids is 1. The predicted octanol–water partition coefficient (Wildman–Crippen LogP) is -0.521. The predicted molar refractivity (Wildman–Crippen MR) is 72.7 cm³/mol. The zero-order chi connectivity index (χ0) is 14.7. The van der Waals surface area contributed by atoms with Crippen LogP contribution in [0.4, 0.5) is 0 Å². The van der Waals surface area contributed by atoms with Crippen molar-refractivity contribution in [2.45, 2.75) is 27.2 Å². The minimum atomic E-state index is -1.63. The van der Waals surface area contributed by atoms with Gasteiger partial charge in [0.15, 0.2) is 5.78 Å². The number of ketones is 1. The largest absolute Gasteiger partial charge is 0.542 e. The smallest absolute Gasteiger partial charge is 0.182 e. The van der Waals surface area contributed by atoms with Gasteiger partial charge in [-0.25, -0.2) is 0 Å². The van der Waals surface area contributed by atoms with Crippen molar-refractivity contribution in [1.29, 1.82) is 0 Å². The minimum absolute atomic E-state index is 0.0941. The van der Waals surface area contributed by atoms with Crippen molar-refractivity contribution >= 4 is 11.8 Å². The molecule has 0 saturated carbocycles. The first-order valence-corrected chi connectivity index (χ1v) is 6.66. The van der Waals surface area contributed by atoms with E-state index >= 15 is 0 Å². The maximum atomic E-state index is 10.7. The van der Waals surface area contributed by atoms with Crippen LogP contribution in [0, 0.1) is 0 Å². The quantitative estimate of drug-likeness (QED) is 0.704. The van der Waals surface area contributed by atoms with Crippen molar-refractivity contribution in [1.82, 2.24) is 0 Å². The molecule has 0 aliphatic carbocycles. The van der Waals surface area contributed by atoms with E-state index in [-0.39, 0.29) is 6.42 Å². The number of rotatable bonds is 6. The summed E-state index contributed by atoms with van der Waals surface area (Å²) >= 11 is 0. The van der Waals surface area contributed by atoms with Gasteiger partial charge in [-0.3, -0.25) is 4.79 Å². The van der Waals surface area contributed by atoms with E-state index in [1.165, 1.54) is 19.6 Å². The third kappa shape index (κ3) is 8.11. The van der Waals surface area contributed by atoms with Crippen LogP contribution in [-0.2, 0) is 16.0 Å². The molecule has 0 amide bonds. The number of carboxylic acid groups (broad SMARTS) is 1. The molecular formula is C15H23NO3. The average molecular weight is 265 g/mol. The molecule has 0 radical (unpaired) electrons. The molecule has 0 heterocycles. The Kier molecular flexibility index (Phi) is 9.35. The third-order valence-corrected chi connectivity index (χ3v) is 2.94. The second-order valence-electron chi connectivity index (χ2n) is 4.18. The molecule has 4 heteroatoms. The van der Waals surface area contributed by atoms with Crippen molar-refractivity contribution in [2.75, 3.05) is 19.6 Å². The first kappa shape index (κ1) is 17.3. The summed E-state index contributed by atoms with van der Waals surface area (Å²) in [4.78, 5) is 22.4. The molecule has 0 aromatic heterocycles. The zero-order valence-corrected chi connectivity index (χ0v) is 11.9. The van der Waals surface area contributed by atoms with E-state index in [1.54, 1.807) is 35.2 Å². The molecule has 1 aromatic rings. The van der Waals surface area contributed by atoms with Crippen LogP contribution in [0.15, 0.2) is 30.3 Å². The van der Waals surface area contributed by atoms with Crippen LogP contribution in [0.2, 0.25) is 0 Å². The van der Waals surface area contributed by atoms with Gasteiger partial charge >= 0.3 is 0 Å². The van der Waals surface area contributed by atoms with Gasteiger partial charge in [0.05, 0.1) is 19.6 Å². The van der Waals surface area contributed by atoms with Crippen molar-refractivity contribution in [3.05, 3.63) is 35.9 Å². The highest BCUT2D eigenvalue weighted by molar-refractivity contribution is 6.32. The molecule has 0 aliphatic rings. The van der Waals surface area contributed by atoms with Gasteiger partial charge in [-0.05, 0) is 26.3 Å². The van der Waals surface area contributed by atoms with Crippen LogP contribution in [0.5, 0.6) is 0 Å². The molecule has 0 unspecified atom stereocenters. The molecule has 19 heavy (non-hydrogen) atoms. The highest BCUT2D eigenvalue weighted by atomic mass is 16.4. The molecule has 1 aromatic carbocycles. The fourth-order valence-electron chi connectivity index (χ4n) is 1.60. The number of benzene rings is 1. The molecule has 0 spiro atoms. The monoisotopic (exact) mass is 265 g/mol. The van der Waals surface area contributed by atoms with Gasteiger partial charge in [0.1, 0.15) is 5.97 Å². The molecular weight excluding hydrogens is 242 g/mol. The first-order chi connectivity index (χ1) is 9.04. The number of carbonyl (C=O) groups excluding carboxylic acids is 2. The average Bonchev–Trinajstić information content (AvgIpc) is 2.42. The standard InChI is InChI=1S/C9H8O3.C6H15N/c10-8(9(11)12)6-7-4-2-1-3-5-7;1-4-7(5-2)6-3/h1-5H,6H2,(H,11,12);4-6H2,1-3H3. The van der Waals surface area contributed by atoms with Crippen molar-refractivity contribution in [3.63, 3.8) is 0 Å². The van der Waals surface area contributed by atoms with Gasteiger partial charge in [0, 0.05) is 6.42 Å².